The normalized spacial score (nSPS) is 8.29. The molecule has 0 amide bonds. The molecule has 0 bridgehead atoms. The Bertz CT molecular complexity index is 96.1. The van der Waals surface area contributed by atoms with Gasteiger partial charge >= 0.3 is 75.3 Å². The number of rotatable bonds is 0. The van der Waals surface area contributed by atoms with E-state index in [9.17, 15) is 0 Å². The fourth-order valence-electron chi connectivity index (χ4n) is 0. The van der Waals surface area contributed by atoms with E-state index in [0.29, 0.717) is 0 Å². The molecule has 0 fully saturated rings. The van der Waals surface area contributed by atoms with Crippen LogP contribution in [0.2, 0.25) is 0 Å². The molecule has 0 aliphatic heterocycles. The molecule has 0 aliphatic carbocycles. The second kappa shape index (κ2) is 6.84. The number of hydrogen-bond acceptors (Lipinski definition) is 4. The van der Waals surface area contributed by atoms with Crippen LogP contribution in [-0.4, -0.2) is 37.2 Å². The molecule has 0 atom stereocenters. The molecule has 0 saturated carbocycles. The Morgan fingerprint density at radius 2 is 1.43 bits per heavy atom. The Labute approximate surface area is 106 Å². The maximum absolute atomic E-state index is 8.89. The van der Waals surface area contributed by atoms with Crippen LogP contribution < -0.4 is 51.4 Å². The van der Waals surface area contributed by atoms with Crippen molar-refractivity contribution in [2.75, 3.05) is 0 Å². The molecule has 0 aromatic heterocycles. The van der Waals surface area contributed by atoms with E-state index in [1.165, 1.54) is 0 Å². The average molecular weight is 270 g/mol. The first-order valence-electron chi connectivity index (χ1n) is 0.667. The third-order valence-corrected chi connectivity index (χ3v) is 0. The third-order valence-electron chi connectivity index (χ3n) is 0. The molecule has 0 aliphatic rings. The second-order valence-corrected chi connectivity index (χ2v) is 2.45. The molecular formula is KO3S2Sn+3. The van der Waals surface area contributed by atoms with Crippen molar-refractivity contribution in [3.8, 4) is 0 Å². The summed E-state index contributed by atoms with van der Waals surface area (Å²) in [6.45, 7) is 0. The maximum atomic E-state index is 8.89. The van der Waals surface area contributed by atoms with E-state index in [1.807, 2.05) is 0 Å². The molecule has 32 valence electrons. The largest absolute Gasteiger partial charge is 4.00 e. The zero-order valence-corrected chi connectivity index (χ0v) is 11.2. The Morgan fingerprint density at radius 1 is 1.43 bits per heavy atom. The van der Waals surface area contributed by atoms with Crippen LogP contribution in [0.1, 0.15) is 0 Å². The van der Waals surface area contributed by atoms with E-state index >= 15 is 0 Å². The first-order valence-corrected chi connectivity index (χ1v) is 3.00. The predicted molar refractivity (Wildman–Crippen MR) is 22.8 cm³/mol. The Kier molecular flexibility index (Phi) is 16.0. The molecule has 0 unspecified atom stereocenters. The molecule has 0 spiro atoms. The number of hydrogen-bond donors (Lipinski definition) is 0. The minimum atomic E-state index is -4.33. The third kappa shape index (κ3) is 53.1. The molecule has 0 aromatic rings. The molecule has 7 heavy (non-hydrogen) atoms. The monoisotopic (exact) mass is 271 g/mol. The SMILES string of the molecule is O=S([O-])([O-])=S.[K+].[Sn+4]. The summed E-state index contributed by atoms with van der Waals surface area (Å²) in [7, 11) is -4.33. The molecule has 0 rings (SSSR count). The summed E-state index contributed by atoms with van der Waals surface area (Å²) in [6, 6.07) is 0. The van der Waals surface area contributed by atoms with Gasteiger partial charge in [-0.1, -0.05) is 0 Å². The average Bonchev–Trinajstić information content (AvgIpc) is 0.722. The summed E-state index contributed by atoms with van der Waals surface area (Å²) in [6.07, 6.45) is 0. The van der Waals surface area contributed by atoms with Crippen LogP contribution in [0.25, 0.3) is 0 Å². The van der Waals surface area contributed by atoms with Crippen molar-refractivity contribution in [1.82, 2.24) is 0 Å². The van der Waals surface area contributed by atoms with Gasteiger partial charge in [0.25, 0.3) is 0 Å². The van der Waals surface area contributed by atoms with Crippen LogP contribution in [0.4, 0.5) is 0 Å². The van der Waals surface area contributed by atoms with E-state index in [1.54, 1.807) is 0 Å². The Balaban J connectivity index is -0.0000000800. The zero-order valence-electron chi connectivity index (χ0n) is 3.54. The molecule has 0 saturated heterocycles. The van der Waals surface area contributed by atoms with Gasteiger partial charge in [-0.15, -0.1) is 9.05 Å². The standard InChI is InChI=1S/K.H2O3S2.Sn/c;1-5(2,3)4;/h;(H2,1,2,3,4);/q+1;;+4/p-2. The summed E-state index contributed by atoms with van der Waals surface area (Å²) in [5.41, 5.74) is 0. The molecule has 7 heteroatoms. The van der Waals surface area contributed by atoms with Crippen molar-refractivity contribution in [3.63, 3.8) is 0 Å². The minimum absolute atomic E-state index is 0. The molecular weight excluding hydrogens is 270 g/mol. The van der Waals surface area contributed by atoms with Crippen LogP contribution in [0.3, 0.4) is 0 Å². The van der Waals surface area contributed by atoms with Crippen molar-refractivity contribution >= 4 is 44.1 Å². The van der Waals surface area contributed by atoms with E-state index in [2.05, 4.69) is 11.2 Å². The van der Waals surface area contributed by atoms with Crippen molar-refractivity contribution in [3.05, 3.63) is 0 Å². The van der Waals surface area contributed by atoms with Gasteiger partial charge in [-0.25, -0.2) is 0 Å². The van der Waals surface area contributed by atoms with Gasteiger partial charge < -0.3 is 9.11 Å². The van der Waals surface area contributed by atoms with Gasteiger partial charge in [0.2, 0.25) is 0 Å². The van der Waals surface area contributed by atoms with Crippen LogP contribution in [-0.2, 0) is 20.2 Å². The van der Waals surface area contributed by atoms with Crippen LogP contribution >= 0.6 is 0 Å². The van der Waals surface area contributed by atoms with E-state index in [-0.39, 0.29) is 75.3 Å². The molecule has 0 heterocycles. The van der Waals surface area contributed by atoms with Crippen LogP contribution in [0.15, 0.2) is 0 Å². The Morgan fingerprint density at radius 3 is 1.43 bits per heavy atom. The molecule has 0 aromatic carbocycles. The van der Waals surface area contributed by atoms with Gasteiger partial charge in [-0.3, -0.25) is 4.21 Å². The molecule has 0 radical (unpaired) electrons. The summed E-state index contributed by atoms with van der Waals surface area (Å²) in [5.74, 6) is 0. The zero-order chi connectivity index (χ0) is 4.50. The van der Waals surface area contributed by atoms with Gasteiger partial charge in [-0.2, -0.15) is 0 Å². The summed E-state index contributed by atoms with van der Waals surface area (Å²) >= 11 is 3.24. The van der Waals surface area contributed by atoms with E-state index in [0.717, 1.165) is 0 Å². The second-order valence-electron chi connectivity index (χ2n) is 0.408. The summed E-state index contributed by atoms with van der Waals surface area (Å²) in [5, 5.41) is 0. The minimum Gasteiger partial charge on any atom is -0.780 e. The van der Waals surface area contributed by atoms with E-state index < -0.39 is 9.05 Å². The van der Waals surface area contributed by atoms with Crippen molar-refractivity contribution in [2.24, 2.45) is 0 Å². The predicted octanol–water partition coefficient (Wildman–Crippen LogP) is -4.38. The van der Waals surface area contributed by atoms with Gasteiger partial charge in [0.1, 0.15) is 0 Å². The Hall–Kier alpha value is 2.73. The quantitative estimate of drug-likeness (QED) is 0.417. The smallest absolute Gasteiger partial charge is 0.780 e. The van der Waals surface area contributed by atoms with Crippen LogP contribution in [0, 0.1) is 0 Å². The van der Waals surface area contributed by atoms with Gasteiger partial charge in [-0.05, 0) is 11.2 Å². The summed E-state index contributed by atoms with van der Waals surface area (Å²) < 4.78 is 26.7. The van der Waals surface area contributed by atoms with Crippen molar-refractivity contribution < 1.29 is 64.7 Å². The summed E-state index contributed by atoms with van der Waals surface area (Å²) in [4.78, 5) is 0. The van der Waals surface area contributed by atoms with Crippen LogP contribution in [0.5, 0.6) is 0 Å². The fraction of sp³-hybridized carbons (Fsp3) is 0. The maximum Gasteiger partial charge on any atom is 4.00 e. The molecule has 0 N–H and O–H groups in total. The van der Waals surface area contributed by atoms with Crippen molar-refractivity contribution in [1.29, 1.82) is 0 Å². The first-order chi connectivity index (χ1) is 2.00. The van der Waals surface area contributed by atoms with Gasteiger partial charge in [0.15, 0.2) is 0 Å². The first kappa shape index (κ1) is 16.4. The van der Waals surface area contributed by atoms with E-state index in [4.69, 9.17) is 13.3 Å². The van der Waals surface area contributed by atoms with Crippen molar-refractivity contribution in [2.45, 2.75) is 0 Å². The topological polar surface area (TPSA) is 63.2 Å². The van der Waals surface area contributed by atoms with Gasteiger partial charge in [0.05, 0.1) is 0 Å². The fourth-order valence-corrected chi connectivity index (χ4v) is 0. The van der Waals surface area contributed by atoms with Gasteiger partial charge in [0, 0.05) is 0 Å². The molecule has 3 nitrogen and oxygen atoms in total.